The first-order valence-electron chi connectivity index (χ1n) is 7.84. The number of rotatable bonds is 3. The van der Waals surface area contributed by atoms with Crippen LogP contribution in [0.2, 0.25) is 0 Å². The van der Waals surface area contributed by atoms with Crippen LogP contribution in [-0.2, 0) is 9.47 Å². The molecule has 2 aliphatic rings. The molecule has 1 atom stereocenters. The second kappa shape index (κ2) is 6.98. The van der Waals surface area contributed by atoms with E-state index in [9.17, 15) is 18.0 Å². The largest absolute Gasteiger partial charge is 0.573 e. The molecule has 0 spiro atoms. The van der Waals surface area contributed by atoms with E-state index in [0.717, 1.165) is 31.4 Å². The summed E-state index contributed by atoms with van der Waals surface area (Å²) in [5.74, 6) is -0.589. The van der Waals surface area contributed by atoms with Crippen LogP contribution in [0.5, 0.6) is 5.75 Å². The molecule has 1 aromatic rings. The van der Waals surface area contributed by atoms with Gasteiger partial charge in [-0.25, -0.2) is 0 Å². The Kier molecular flexibility index (Phi) is 4.96. The minimum absolute atomic E-state index is 0.167. The van der Waals surface area contributed by atoms with Gasteiger partial charge in [0.05, 0.1) is 19.3 Å². The lowest BCUT2D eigenvalue weighted by Crippen LogP contribution is -2.50. The van der Waals surface area contributed by atoms with Gasteiger partial charge in [-0.1, -0.05) is 0 Å². The molecule has 2 aliphatic heterocycles. The summed E-state index contributed by atoms with van der Waals surface area (Å²) in [6.07, 6.45) is -2.53. The highest BCUT2D eigenvalue weighted by Gasteiger charge is 2.36. The number of carbonyl (C=O) groups is 1. The highest BCUT2D eigenvalue weighted by molar-refractivity contribution is 5.94. The quantitative estimate of drug-likeness (QED) is 0.845. The molecular formula is C16H18F3NO4. The molecule has 0 N–H and O–H groups in total. The van der Waals surface area contributed by atoms with Crippen molar-refractivity contribution in [2.45, 2.75) is 38.0 Å². The van der Waals surface area contributed by atoms with Crippen molar-refractivity contribution in [1.82, 2.24) is 4.90 Å². The van der Waals surface area contributed by atoms with Crippen LogP contribution in [-0.4, -0.2) is 49.3 Å². The van der Waals surface area contributed by atoms with Crippen molar-refractivity contribution in [1.29, 1.82) is 0 Å². The average Bonchev–Trinajstić information content (AvgIpc) is 3.08. The van der Waals surface area contributed by atoms with E-state index in [4.69, 9.17) is 9.47 Å². The molecule has 132 valence electrons. The summed E-state index contributed by atoms with van der Waals surface area (Å²) in [6, 6.07) is 4.79. The van der Waals surface area contributed by atoms with Gasteiger partial charge in [-0.3, -0.25) is 4.79 Å². The highest BCUT2D eigenvalue weighted by Crippen LogP contribution is 2.27. The molecule has 0 unspecified atom stereocenters. The average molecular weight is 345 g/mol. The molecule has 3 rings (SSSR count). The topological polar surface area (TPSA) is 48.0 Å². The molecule has 0 aromatic heterocycles. The Labute approximate surface area is 137 Å². The Bertz CT molecular complexity index is 570. The Morgan fingerprint density at radius 2 is 1.79 bits per heavy atom. The van der Waals surface area contributed by atoms with Crippen molar-refractivity contribution in [2.75, 3.05) is 19.8 Å². The SMILES string of the molecule is O=C(c1ccc(OC(F)(F)F)cc1)N1CCCC[C@@H]1C1OCCO1. The predicted octanol–water partition coefficient (Wildman–Crippen LogP) is 2.95. The van der Waals surface area contributed by atoms with Crippen LogP contribution in [0.15, 0.2) is 24.3 Å². The van der Waals surface area contributed by atoms with Crippen LogP contribution < -0.4 is 4.74 Å². The normalized spacial score (nSPS) is 22.6. The molecule has 0 bridgehead atoms. The van der Waals surface area contributed by atoms with Gasteiger partial charge < -0.3 is 19.1 Å². The maximum atomic E-state index is 12.7. The van der Waals surface area contributed by atoms with Crippen LogP contribution in [0.25, 0.3) is 0 Å². The number of likely N-dealkylation sites (tertiary alicyclic amines) is 1. The van der Waals surface area contributed by atoms with Gasteiger partial charge in [-0.2, -0.15) is 0 Å². The molecule has 1 amide bonds. The van der Waals surface area contributed by atoms with E-state index in [1.807, 2.05) is 0 Å². The number of alkyl halides is 3. The maximum Gasteiger partial charge on any atom is 0.573 e. The van der Waals surface area contributed by atoms with Gasteiger partial charge in [-0.15, -0.1) is 13.2 Å². The summed E-state index contributed by atoms with van der Waals surface area (Å²) in [7, 11) is 0. The van der Waals surface area contributed by atoms with Gasteiger partial charge >= 0.3 is 6.36 Å². The van der Waals surface area contributed by atoms with Gasteiger partial charge in [0.25, 0.3) is 5.91 Å². The van der Waals surface area contributed by atoms with Crippen LogP contribution >= 0.6 is 0 Å². The third kappa shape index (κ3) is 3.99. The first-order valence-corrected chi connectivity index (χ1v) is 7.84. The fourth-order valence-electron chi connectivity index (χ4n) is 3.06. The highest BCUT2D eigenvalue weighted by atomic mass is 19.4. The van der Waals surface area contributed by atoms with Crippen molar-refractivity contribution in [2.24, 2.45) is 0 Å². The van der Waals surface area contributed by atoms with Crippen LogP contribution in [0.1, 0.15) is 29.6 Å². The van der Waals surface area contributed by atoms with Gasteiger partial charge in [0, 0.05) is 12.1 Å². The van der Waals surface area contributed by atoms with Crippen molar-refractivity contribution in [3.05, 3.63) is 29.8 Å². The number of carbonyl (C=O) groups excluding carboxylic acids is 1. The van der Waals surface area contributed by atoms with Crippen LogP contribution in [0.4, 0.5) is 13.2 Å². The molecule has 5 nitrogen and oxygen atoms in total. The second-order valence-corrected chi connectivity index (χ2v) is 5.74. The first-order chi connectivity index (χ1) is 11.4. The number of halogens is 3. The fourth-order valence-corrected chi connectivity index (χ4v) is 3.06. The minimum Gasteiger partial charge on any atom is -0.406 e. The summed E-state index contributed by atoms with van der Waals surface area (Å²) in [4.78, 5) is 14.4. The van der Waals surface area contributed by atoms with E-state index in [2.05, 4.69) is 4.74 Å². The van der Waals surface area contributed by atoms with Gasteiger partial charge in [-0.05, 0) is 43.5 Å². The van der Waals surface area contributed by atoms with E-state index < -0.39 is 12.7 Å². The molecule has 1 aromatic carbocycles. The Hall–Kier alpha value is -1.80. The zero-order chi connectivity index (χ0) is 17.2. The van der Waals surface area contributed by atoms with Crippen molar-refractivity contribution in [3.8, 4) is 5.75 Å². The molecular weight excluding hydrogens is 327 g/mol. The van der Waals surface area contributed by atoms with Gasteiger partial charge in [0.1, 0.15) is 5.75 Å². The molecule has 0 radical (unpaired) electrons. The van der Waals surface area contributed by atoms with Crippen molar-refractivity contribution >= 4 is 5.91 Å². The fraction of sp³-hybridized carbons (Fsp3) is 0.562. The summed E-state index contributed by atoms with van der Waals surface area (Å²) in [5, 5.41) is 0. The zero-order valence-electron chi connectivity index (χ0n) is 12.9. The monoisotopic (exact) mass is 345 g/mol. The van der Waals surface area contributed by atoms with E-state index in [1.165, 1.54) is 12.1 Å². The minimum atomic E-state index is -4.75. The lowest BCUT2D eigenvalue weighted by atomic mass is 10.00. The third-order valence-electron chi connectivity index (χ3n) is 4.11. The van der Waals surface area contributed by atoms with E-state index in [1.54, 1.807) is 4.90 Å². The van der Waals surface area contributed by atoms with E-state index in [0.29, 0.717) is 25.3 Å². The van der Waals surface area contributed by atoms with E-state index in [-0.39, 0.29) is 17.7 Å². The molecule has 24 heavy (non-hydrogen) atoms. The summed E-state index contributed by atoms with van der Waals surface area (Å²) in [6.45, 7) is 1.59. The molecule has 8 heteroatoms. The number of ether oxygens (including phenoxy) is 3. The first kappa shape index (κ1) is 17.0. The molecule has 2 saturated heterocycles. The molecule has 0 aliphatic carbocycles. The molecule has 2 fully saturated rings. The lowest BCUT2D eigenvalue weighted by molar-refractivity contribution is -0.274. The summed E-state index contributed by atoms with van der Waals surface area (Å²) in [5.41, 5.74) is 0.314. The predicted molar refractivity (Wildman–Crippen MR) is 77.5 cm³/mol. The van der Waals surface area contributed by atoms with Gasteiger partial charge in [0.2, 0.25) is 0 Å². The molecule has 2 heterocycles. The van der Waals surface area contributed by atoms with Crippen molar-refractivity contribution < 1.29 is 32.2 Å². The Morgan fingerprint density at radius 3 is 2.42 bits per heavy atom. The third-order valence-corrected chi connectivity index (χ3v) is 4.11. The number of piperidine rings is 1. The number of hydrogen-bond donors (Lipinski definition) is 0. The maximum absolute atomic E-state index is 12.7. The summed E-state index contributed by atoms with van der Waals surface area (Å²) < 4.78 is 51.4. The van der Waals surface area contributed by atoms with Crippen LogP contribution in [0, 0.1) is 0 Å². The number of nitrogens with zero attached hydrogens (tertiary/aromatic N) is 1. The van der Waals surface area contributed by atoms with Crippen molar-refractivity contribution in [3.63, 3.8) is 0 Å². The number of benzene rings is 1. The molecule has 0 saturated carbocycles. The van der Waals surface area contributed by atoms with Crippen LogP contribution in [0.3, 0.4) is 0 Å². The number of amides is 1. The standard InChI is InChI=1S/C16H18F3NO4/c17-16(18,19)24-12-6-4-11(5-7-12)14(21)20-8-2-1-3-13(20)15-22-9-10-23-15/h4-7,13,15H,1-3,8-10H2/t13-/m1/s1. The smallest absolute Gasteiger partial charge is 0.406 e. The number of hydrogen-bond acceptors (Lipinski definition) is 4. The Balaban J connectivity index is 1.71. The van der Waals surface area contributed by atoms with E-state index >= 15 is 0 Å². The second-order valence-electron chi connectivity index (χ2n) is 5.74. The van der Waals surface area contributed by atoms with Gasteiger partial charge in [0.15, 0.2) is 6.29 Å². The lowest BCUT2D eigenvalue weighted by Gasteiger charge is -2.38. The Morgan fingerprint density at radius 1 is 1.12 bits per heavy atom. The summed E-state index contributed by atoms with van der Waals surface area (Å²) >= 11 is 0. The zero-order valence-corrected chi connectivity index (χ0v) is 12.9.